The van der Waals surface area contributed by atoms with Crippen molar-refractivity contribution in [3.8, 4) is 5.75 Å². The highest BCUT2D eigenvalue weighted by atomic mass is 127. The molecule has 0 aliphatic heterocycles. The minimum atomic E-state index is -0.109. The maximum absolute atomic E-state index is 11.5. The lowest BCUT2D eigenvalue weighted by Crippen LogP contribution is -2.28. The zero-order chi connectivity index (χ0) is 12.8. The van der Waals surface area contributed by atoms with Crippen LogP contribution in [0.1, 0.15) is 4.88 Å². The minimum Gasteiger partial charge on any atom is -0.484 e. The first-order valence-corrected chi connectivity index (χ1v) is 7.37. The molecule has 0 atom stereocenters. The molecule has 1 aromatic heterocycles. The third kappa shape index (κ3) is 4.30. The van der Waals surface area contributed by atoms with Crippen molar-refractivity contribution in [1.82, 2.24) is 5.32 Å². The predicted octanol–water partition coefficient (Wildman–Crippen LogP) is 3.05. The van der Waals surface area contributed by atoms with Crippen molar-refractivity contribution in [1.29, 1.82) is 0 Å². The molecule has 0 fully saturated rings. The number of nitrogens with one attached hydrogen (secondary N) is 1. The van der Waals surface area contributed by atoms with Gasteiger partial charge in [0.2, 0.25) is 0 Å². The fraction of sp³-hybridized carbons (Fsp3) is 0.154. The second kappa shape index (κ2) is 6.75. The number of rotatable bonds is 5. The van der Waals surface area contributed by atoms with Gasteiger partial charge in [-0.1, -0.05) is 6.07 Å². The van der Waals surface area contributed by atoms with E-state index in [9.17, 15) is 4.79 Å². The molecule has 1 aromatic carbocycles. The number of halogens is 1. The third-order valence-corrected chi connectivity index (χ3v) is 3.82. The minimum absolute atomic E-state index is 0.0476. The van der Waals surface area contributed by atoms with Crippen LogP contribution in [-0.2, 0) is 11.3 Å². The molecule has 18 heavy (non-hydrogen) atoms. The summed E-state index contributed by atoms with van der Waals surface area (Å²) in [6.45, 7) is 0.610. The van der Waals surface area contributed by atoms with Crippen molar-refractivity contribution < 1.29 is 9.53 Å². The van der Waals surface area contributed by atoms with E-state index in [1.807, 2.05) is 41.8 Å². The van der Waals surface area contributed by atoms with Gasteiger partial charge in [0, 0.05) is 8.45 Å². The van der Waals surface area contributed by atoms with E-state index in [-0.39, 0.29) is 12.5 Å². The summed E-state index contributed by atoms with van der Waals surface area (Å²) in [7, 11) is 0. The van der Waals surface area contributed by atoms with Crippen molar-refractivity contribution in [3.05, 3.63) is 50.2 Å². The van der Waals surface area contributed by atoms with E-state index >= 15 is 0 Å². The van der Waals surface area contributed by atoms with Crippen LogP contribution in [0.3, 0.4) is 0 Å². The molecule has 1 N–H and O–H groups in total. The Hall–Kier alpha value is -1.08. The Labute approximate surface area is 123 Å². The summed E-state index contributed by atoms with van der Waals surface area (Å²) in [5.41, 5.74) is 0. The number of benzene rings is 1. The molecule has 0 aliphatic carbocycles. The number of carbonyl (C=O) groups excluding carboxylic acids is 1. The number of amides is 1. The molecule has 0 saturated carbocycles. The molecule has 94 valence electrons. The average molecular weight is 373 g/mol. The largest absolute Gasteiger partial charge is 0.484 e. The molecule has 2 aromatic rings. The molecule has 0 spiro atoms. The predicted molar refractivity (Wildman–Crippen MR) is 80.8 cm³/mol. The zero-order valence-corrected chi connectivity index (χ0v) is 12.5. The molecule has 3 nitrogen and oxygen atoms in total. The van der Waals surface area contributed by atoms with Gasteiger partial charge in [-0.15, -0.1) is 11.3 Å². The zero-order valence-electron chi connectivity index (χ0n) is 9.56. The molecule has 0 saturated heterocycles. The fourth-order valence-corrected chi connectivity index (χ4v) is 2.33. The van der Waals surface area contributed by atoms with Crippen LogP contribution in [-0.4, -0.2) is 12.5 Å². The summed E-state index contributed by atoms with van der Waals surface area (Å²) in [5, 5.41) is 4.80. The molecular weight excluding hydrogens is 361 g/mol. The van der Waals surface area contributed by atoms with Crippen molar-refractivity contribution >= 4 is 39.8 Å². The maximum atomic E-state index is 11.5. The number of hydrogen-bond acceptors (Lipinski definition) is 3. The van der Waals surface area contributed by atoms with Crippen molar-refractivity contribution in [2.75, 3.05) is 6.61 Å². The molecule has 5 heteroatoms. The lowest BCUT2D eigenvalue weighted by Gasteiger charge is -2.06. The van der Waals surface area contributed by atoms with Gasteiger partial charge >= 0.3 is 0 Å². The quantitative estimate of drug-likeness (QED) is 0.819. The Morgan fingerprint density at radius 3 is 2.72 bits per heavy atom. The van der Waals surface area contributed by atoms with Gasteiger partial charge in [0.15, 0.2) is 6.61 Å². The summed E-state index contributed by atoms with van der Waals surface area (Å²) in [6.07, 6.45) is 0. The first kappa shape index (κ1) is 13.4. The number of thiophene rings is 1. The van der Waals surface area contributed by atoms with E-state index in [1.54, 1.807) is 11.3 Å². The molecule has 0 radical (unpaired) electrons. The van der Waals surface area contributed by atoms with Crippen molar-refractivity contribution in [3.63, 3.8) is 0 Å². The highest BCUT2D eigenvalue weighted by Crippen LogP contribution is 2.13. The smallest absolute Gasteiger partial charge is 0.258 e. The van der Waals surface area contributed by atoms with E-state index in [4.69, 9.17) is 4.74 Å². The number of ether oxygens (including phenoxy) is 1. The normalized spacial score (nSPS) is 10.1. The monoisotopic (exact) mass is 373 g/mol. The number of hydrogen-bond donors (Lipinski definition) is 1. The Kier molecular flexibility index (Phi) is 5.00. The lowest BCUT2D eigenvalue weighted by molar-refractivity contribution is -0.123. The van der Waals surface area contributed by atoms with Crippen molar-refractivity contribution in [2.24, 2.45) is 0 Å². The Bertz CT molecular complexity index is 496. The maximum Gasteiger partial charge on any atom is 0.258 e. The van der Waals surface area contributed by atoms with Crippen LogP contribution in [0.15, 0.2) is 41.8 Å². The van der Waals surface area contributed by atoms with Crippen LogP contribution >= 0.6 is 33.9 Å². The van der Waals surface area contributed by atoms with Gasteiger partial charge in [-0.3, -0.25) is 4.79 Å². The van der Waals surface area contributed by atoms with E-state index in [2.05, 4.69) is 27.9 Å². The van der Waals surface area contributed by atoms with Crippen LogP contribution < -0.4 is 10.1 Å². The Morgan fingerprint density at radius 2 is 2.06 bits per heavy atom. The molecule has 2 rings (SSSR count). The summed E-state index contributed by atoms with van der Waals surface area (Å²) >= 11 is 3.85. The SMILES string of the molecule is O=C(COc1ccc(I)cc1)NCc1cccs1. The Morgan fingerprint density at radius 1 is 1.28 bits per heavy atom. The van der Waals surface area contributed by atoms with Gasteiger partial charge in [0.25, 0.3) is 5.91 Å². The van der Waals surface area contributed by atoms with E-state index < -0.39 is 0 Å². The van der Waals surface area contributed by atoms with Gasteiger partial charge < -0.3 is 10.1 Å². The van der Waals surface area contributed by atoms with Crippen LogP contribution in [0, 0.1) is 3.57 Å². The van der Waals surface area contributed by atoms with Crippen LogP contribution in [0.2, 0.25) is 0 Å². The highest BCUT2D eigenvalue weighted by Gasteiger charge is 2.03. The first-order chi connectivity index (χ1) is 8.74. The van der Waals surface area contributed by atoms with Gasteiger partial charge in [-0.2, -0.15) is 0 Å². The molecular formula is C13H12INO2S. The van der Waals surface area contributed by atoms with E-state index in [0.717, 1.165) is 8.45 Å². The topological polar surface area (TPSA) is 38.3 Å². The molecule has 1 heterocycles. The van der Waals surface area contributed by atoms with E-state index in [1.165, 1.54) is 0 Å². The van der Waals surface area contributed by atoms with Crippen LogP contribution in [0.5, 0.6) is 5.75 Å². The molecule has 0 unspecified atom stereocenters. The lowest BCUT2D eigenvalue weighted by atomic mass is 10.3. The van der Waals surface area contributed by atoms with Gasteiger partial charge in [0.05, 0.1) is 6.54 Å². The molecule has 0 bridgehead atoms. The molecule has 1 amide bonds. The highest BCUT2D eigenvalue weighted by molar-refractivity contribution is 14.1. The van der Waals surface area contributed by atoms with E-state index in [0.29, 0.717) is 12.3 Å². The van der Waals surface area contributed by atoms with Gasteiger partial charge in [-0.05, 0) is 58.3 Å². The average Bonchev–Trinajstić information content (AvgIpc) is 2.89. The third-order valence-electron chi connectivity index (χ3n) is 2.22. The van der Waals surface area contributed by atoms with Gasteiger partial charge in [0.1, 0.15) is 5.75 Å². The second-order valence-corrected chi connectivity index (χ2v) is 5.88. The second-order valence-electron chi connectivity index (χ2n) is 3.60. The van der Waals surface area contributed by atoms with Crippen molar-refractivity contribution in [2.45, 2.75) is 6.54 Å². The Balaban J connectivity index is 1.73. The molecule has 0 aliphatic rings. The van der Waals surface area contributed by atoms with Gasteiger partial charge in [-0.25, -0.2) is 0 Å². The summed E-state index contributed by atoms with van der Waals surface area (Å²) < 4.78 is 6.52. The summed E-state index contributed by atoms with van der Waals surface area (Å²) in [4.78, 5) is 12.7. The van der Waals surface area contributed by atoms with Crippen LogP contribution in [0.4, 0.5) is 0 Å². The standard InChI is InChI=1S/C13H12INO2S/c14-10-3-5-11(6-4-10)17-9-13(16)15-8-12-2-1-7-18-12/h1-7H,8-9H2,(H,15,16). The summed E-state index contributed by atoms with van der Waals surface area (Å²) in [5.74, 6) is 0.601. The fourth-order valence-electron chi connectivity index (χ4n) is 1.33. The van der Waals surface area contributed by atoms with Crippen LogP contribution in [0.25, 0.3) is 0 Å². The summed E-state index contributed by atoms with van der Waals surface area (Å²) in [6, 6.07) is 11.6. The number of carbonyl (C=O) groups is 1. The first-order valence-electron chi connectivity index (χ1n) is 5.41.